The van der Waals surface area contributed by atoms with Gasteiger partial charge < -0.3 is 10.0 Å². The van der Waals surface area contributed by atoms with Gasteiger partial charge in [0.05, 0.1) is 35.7 Å². The third-order valence-corrected chi connectivity index (χ3v) is 7.39. The fraction of sp³-hybridized carbons (Fsp3) is 0.321. The lowest BCUT2D eigenvalue weighted by atomic mass is 9.91. The summed E-state index contributed by atoms with van der Waals surface area (Å²) in [5.74, 6) is 0.362. The highest BCUT2D eigenvalue weighted by atomic mass is 16.3. The Hall–Kier alpha value is -4.29. The summed E-state index contributed by atoms with van der Waals surface area (Å²) in [7, 11) is 0. The van der Waals surface area contributed by atoms with Gasteiger partial charge in [0.2, 0.25) is 5.91 Å². The van der Waals surface area contributed by atoms with Crippen LogP contribution in [0.4, 0.5) is 0 Å². The zero-order valence-corrected chi connectivity index (χ0v) is 20.2. The van der Waals surface area contributed by atoms with Gasteiger partial charge >= 0.3 is 0 Å². The number of nitriles is 1. The van der Waals surface area contributed by atoms with Gasteiger partial charge in [-0.2, -0.15) is 10.4 Å². The number of amides is 1. The molecule has 37 heavy (non-hydrogen) atoms. The highest BCUT2D eigenvalue weighted by Crippen LogP contribution is 2.33. The van der Waals surface area contributed by atoms with E-state index in [0.717, 1.165) is 29.7 Å². The van der Waals surface area contributed by atoms with Gasteiger partial charge in [0.1, 0.15) is 11.7 Å². The second-order valence-corrected chi connectivity index (χ2v) is 10.0. The molecule has 0 radical (unpaired) electrons. The van der Waals surface area contributed by atoms with E-state index in [1.54, 1.807) is 10.7 Å². The number of hydrogen-bond donors (Lipinski definition) is 1. The number of piperidine rings is 1. The minimum absolute atomic E-state index is 0.127. The minimum atomic E-state index is -1.06. The van der Waals surface area contributed by atoms with E-state index in [1.807, 2.05) is 47.4 Å². The van der Waals surface area contributed by atoms with E-state index in [2.05, 4.69) is 16.2 Å². The third kappa shape index (κ3) is 4.41. The van der Waals surface area contributed by atoms with Crippen LogP contribution in [0.25, 0.3) is 27.8 Å². The zero-order valence-electron chi connectivity index (χ0n) is 20.2. The zero-order chi connectivity index (χ0) is 25.6. The van der Waals surface area contributed by atoms with Gasteiger partial charge in [-0.1, -0.05) is 24.3 Å². The van der Waals surface area contributed by atoms with Crippen molar-refractivity contribution in [2.24, 2.45) is 5.92 Å². The van der Waals surface area contributed by atoms with Crippen molar-refractivity contribution >= 4 is 16.9 Å². The van der Waals surface area contributed by atoms with E-state index in [9.17, 15) is 14.7 Å². The minimum Gasteiger partial charge on any atom is -0.388 e. The molecule has 1 amide bonds. The van der Waals surface area contributed by atoms with E-state index in [0.29, 0.717) is 42.5 Å². The Labute approximate surface area is 213 Å². The first-order valence-electron chi connectivity index (χ1n) is 12.5. The smallest absolute Gasteiger partial charge is 0.264 e. The lowest BCUT2D eigenvalue weighted by Gasteiger charge is -2.38. The first-order chi connectivity index (χ1) is 17.9. The number of aromatic nitrogens is 4. The van der Waals surface area contributed by atoms with E-state index >= 15 is 0 Å². The molecule has 6 rings (SSSR count). The monoisotopic (exact) mass is 494 g/mol. The largest absolute Gasteiger partial charge is 0.388 e. The van der Waals surface area contributed by atoms with Crippen LogP contribution in [0.2, 0.25) is 0 Å². The molecule has 3 heterocycles. The molecule has 0 atom stereocenters. The normalized spacial score (nSPS) is 17.0. The second-order valence-electron chi connectivity index (χ2n) is 10.0. The van der Waals surface area contributed by atoms with E-state index < -0.39 is 5.60 Å². The van der Waals surface area contributed by atoms with E-state index in [4.69, 9.17) is 5.26 Å². The SMILES string of the molecule is N#Cc1cccc(-c2ccc(-n3ncc4c(=O)n(CC5(O)CCN(C(=O)C6CC6)CC5)cnc43)cc2)c1. The van der Waals surface area contributed by atoms with Crippen LogP contribution in [0.3, 0.4) is 0 Å². The lowest BCUT2D eigenvalue weighted by Crippen LogP contribution is -2.50. The average Bonchev–Trinajstić information content (AvgIpc) is 3.69. The second kappa shape index (κ2) is 8.98. The maximum atomic E-state index is 13.2. The molecule has 4 aromatic rings. The summed E-state index contributed by atoms with van der Waals surface area (Å²) >= 11 is 0. The van der Waals surface area contributed by atoms with Crippen molar-refractivity contribution in [2.45, 2.75) is 37.8 Å². The molecular weight excluding hydrogens is 468 g/mol. The number of carbonyl (C=O) groups excluding carboxylic acids is 1. The van der Waals surface area contributed by atoms with Crippen molar-refractivity contribution in [3.8, 4) is 22.9 Å². The number of likely N-dealkylation sites (tertiary alicyclic amines) is 1. The number of rotatable bonds is 5. The molecule has 0 unspecified atom stereocenters. The van der Waals surface area contributed by atoms with Crippen LogP contribution in [-0.4, -0.2) is 53.9 Å². The molecule has 1 saturated carbocycles. The molecule has 0 bridgehead atoms. The molecule has 9 heteroatoms. The number of nitrogens with zero attached hydrogens (tertiary/aromatic N) is 6. The molecule has 1 aliphatic carbocycles. The van der Waals surface area contributed by atoms with E-state index in [1.165, 1.54) is 17.1 Å². The van der Waals surface area contributed by atoms with Crippen LogP contribution in [0, 0.1) is 17.2 Å². The van der Waals surface area contributed by atoms with Crippen LogP contribution in [0.5, 0.6) is 0 Å². The predicted molar refractivity (Wildman–Crippen MR) is 137 cm³/mol. The van der Waals surface area contributed by atoms with Gasteiger partial charge in [-0.15, -0.1) is 0 Å². The molecule has 1 aliphatic heterocycles. The molecule has 186 valence electrons. The quantitative estimate of drug-likeness (QED) is 0.456. The van der Waals surface area contributed by atoms with Crippen molar-refractivity contribution in [1.29, 1.82) is 5.26 Å². The number of fused-ring (bicyclic) bond motifs is 1. The van der Waals surface area contributed by atoms with Crippen molar-refractivity contribution < 1.29 is 9.90 Å². The highest BCUT2D eigenvalue weighted by Gasteiger charge is 2.39. The Bertz CT molecular complexity index is 1580. The van der Waals surface area contributed by atoms with Gasteiger partial charge in [0.25, 0.3) is 5.56 Å². The standard InChI is InChI=1S/C28H26N6O3/c29-15-19-2-1-3-22(14-19)20-6-8-23(9-7-20)34-25-24(16-31-34)27(36)33(18-30-25)17-28(37)10-12-32(13-11-28)26(35)21-4-5-21/h1-3,6-9,14,16,18,21,37H,4-5,10-13,17H2. The summed E-state index contributed by atoms with van der Waals surface area (Å²) in [5.41, 5.74) is 2.38. The first kappa shape index (κ1) is 23.1. The van der Waals surface area contributed by atoms with Crippen LogP contribution in [0.15, 0.2) is 65.8 Å². The van der Waals surface area contributed by atoms with Crippen LogP contribution >= 0.6 is 0 Å². The van der Waals surface area contributed by atoms with Crippen molar-refractivity contribution in [3.63, 3.8) is 0 Å². The number of aliphatic hydroxyl groups is 1. The Morgan fingerprint density at radius 3 is 2.57 bits per heavy atom. The maximum absolute atomic E-state index is 13.2. The van der Waals surface area contributed by atoms with Crippen molar-refractivity contribution in [3.05, 3.63) is 77.0 Å². The first-order valence-corrected chi connectivity index (χ1v) is 12.5. The Balaban J connectivity index is 1.21. The molecule has 2 fully saturated rings. The predicted octanol–water partition coefficient (Wildman–Crippen LogP) is 2.88. The lowest BCUT2D eigenvalue weighted by molar-refractivity contribution is -0.137. The molecule has 2 aromatic carbocycles. The fourth-order valence-corrected chi connectivity index (χ4v) is 5.02. The molecule has 1 N–H and O–H groups in total. The van der Waals surface area contributed by atoms with Gasteiger partial charge in [0, 0.05) is 19.0 Å². The maximum Gasteiger partial charge on any atom is 0.264 e. The summed E-state index contributed by atoms with van der Waals surface area (Å²) in [4.78, 5) is 31.9. The van der Waals surface area contributed by atoms with Crippen LogP contribution < -0.4 is 5.56 Å². The van der Waals surface area contributed by atoms with Gasteiger partial charge in [-0.3, -0.25) is 14.2 Å². The molecule has 2 aliphatic rings. The number of hydrogen-bond acceptors (Lipinski definition) is 6. The summed E-state index contributed by atoms with van der Waals surface area (Å²) in [6, 6.07) is 17.2. The van der Waals surface area contributed by atoms with Crippen molar-refractivity contribution in [2.75, 3.05) is 13.1 Å². The number of carbonyl (C=O) groups is 1. The average molecular weight is 495 g/mol. The molecule has 1 saturated heterocycles. The Morgan fingerprint density at radius 1 is 1.11 bits per heavy atom. The summed E-state index contributed by atoms with van der Waals surface area (Å²) in [6.45, 7) is 1.14. The third-order valence-electron chi connectivity index (χ3n) is 7.39. The van der Waals surface area contributed by atoms with Gasteiger partial charge in [-0.25, -0.2) is 9.67 Å². The Kier molecular flexibility index (Phi) is 5.61. The highest BCUT2D eigenvalue weighted by molar-refractivity contribution is 5.81. The van der Waals surface area contributed by atoms with E-state index in [-0.39, 0.29) is 23.9 Å². The Morgan fingerprint density at radius 2 is 1.86 bits per heavy atom. The van der Waals surface area contributed by atoms with Crippen LogP contribution in [0.1, 0.15) is 31.2 Å². The molecular formula is C28H26N6O3. The summed E-state index contributed by atoms with van der Waals surface area (Å²) < 4.78 is 3.06. The summed E-state index contributed by atoms with van der Waals surface area (Å²) in [5, 5.41) is 25.1. The molecule has 0 spiro atoms. The van der Waals surface area contributed by atoms with Gasteiger partial charge in [0.15, 0.2) is 5.65 Å². The van der Waals surface area contributed by atoms with Crippen molar-refractivity contribution in [1.82, 2.24) is 24.2 Å². The molecule has 2 aromatic heterocycles. The topological polar surface area (TPSA) is 117 Å². The van der Waals surface area contributed by atoms with Crippen LogP contribution in [-0.2, 0) is 11.3 Å². The summed E-state index contributed by atoms with van der Waals surface area (Å²) in [6.07, 6.45) is 5.76. The molecule has 9 nitrogen and oxygen atoms in total. The number of benzene rings is 2. The van der Waals surface area contributed by atoms with Gasteiger partial charge in [-0.05, 0) is 61.1 Å². The fourth-order valence-electron chi connectivity index (χ4n) is 5.02.